The minimum atomic E-state index is -2.92. The van der Waals surface area contributed by atoms with Crippen molar-refractivity contribution in [3.8, 4) is 0 Å². The van der Waals surface area contributed by atoms with Gasteiger partial charge in [0.15, 0.2) is 0 Å². The van der Waals surface area contributed by atoms with Crippen molar-refractivity contribution in [3.63, 3.8) is 0 Å². The van der Waals surface area contributed by atoms with Crippen molar-refractivity contribution in [2.45, 2.75) is 6.92 Å². The predicted molar refractivity (Wildman–Crippen MR) is 46.9 cm³/mol. The van der Waals surface area contributed by atoms with E-state index in [1.54, 1.807) is 0 Å². The Bertz CT molecular complexity index is 94.6. The average molecular weight is 192 g/mol. The highest BCUT2D eigenvalue weighted by atomic mass is 32.9. The van der Waals surface area contributed by atoms with E-state index in [1.807, 2.05) is 6.92 Å². The van der Waals surface area contributed by atoms with Crippen LogP contribution in [0.2, 0.25) is 0 Å². The smallest absolute Gasteiger partial charge is 0.242 e. The maximum atomic E-state index is 8.46. The molecule has 0 aliphatic heterocycles. The highest BCUT2D eigenvalue weighted by molar-refractivity contribution is 8.67. The first kappa shape index (κ1) is 16.4. The highest BCUT2D eigenvalue weighted by Gasteiger charge is 2.03. The van der Waals surface area contributed by atoms with Crippen molar-refractivity contribution in [1.82, 2.24) is 12.3 Å². The predicted octanol–water partition coefficient (Wildman–Crippen LogP) is 1.27. The molecule has 0 saturated carbocycles. The molecule has 4 nitrogen and oxygen atoms in total. The minimum absolute atomic E-state index is 0. The Morgan fingerprint density at radius 1 is 1.44 bits per heavy atom. The van der Waals surface area contributed by atoms with E-state index in [0.717, 1.165) is 11.4 Å². The summed E-state index contributed by atoms with van der Waals surface area (Å²) in [5.74, 6) is 0.671. The van der Waals surface area contributed by atoms with Gasteiger partial charge < -0.3 is 22.1 Å². The standard InChI is InChI=1S/C2H7O2PS2.2H3N/c1-2-7-5(3,4)6;;/h2H2,1H3,(H2,3,4,6);2*1H3. The quantitative estimate of drug-likeness (QED) is 0.490. The lowest BCUT2D eigenvalue weighted by molar-refractivity contribution is 0.502. The van der Waals surface area contributed by atoms with Crippen LogP contribution in [0.25, 0.3) is 0 Å². The summed E-state index contributed by atoms with van der Waals surface area (Å²) >= 11 is 5.29. The van der Waals surface area contributed by atoms with Gasteiger partial charge in [0.2, 0.25) is 5.69 Å². The first-order chi connectivity index (χ1) is 3.06. The fourth-order valence-corrected chi connectivity index (χ4v) is 2.46. The first-order valence-corrected chi connectivity index (χ1v) is 6.06. The molecule has 0 fully saturated rings. The van der Waals surface area contributed by atoms with E-state index in [4.69, 9.17) is 9.79 Å². The van der Waals surface area contributed by atoms with Gasteiger partial charge in [-0.1, -0.05) is 18.3 Å². The van der Waals surface area contributed by atoms with Gasteiger partial charge in [-0.2, -0.15) is 0 Å². The Morgan fingerprint density at radius 2 is 1.78 bits per heavy atom. The summed E-state index contributed by atoms with van der Waals surface area (Å²) in [7, 11) is 0. The van der Waals surface area contributed by atoms with E-state index in [1.165, 1.54) is 0 Å². The van der Waals surface area contributed by atoms with E-state index >= 15 is 0 Å². The van der Waals surface area contributed by atoms with Gasteiger partial charge in [0, 0.05) is 0 Å². The van der Waals surface area contributed by atoms with Crippen LogP contribution in [0, 0.1) is 0 Å². The maximum absolute atomic E-state index is 8.46. The van der Waals surface area contributed by atoms with Crippen molar-refractivity contribution >= 4 is 28.9 Å². The molecule has 0 aliphatic carbocycles. The van der Waals surface area contributed by atoms with Gasteiger partial charge in [0.05, 0.1) is 0 Å². The van der Waals surface area contributed by atoms with Crippen LogP contribution >= 0.6 is 17.1 Å². The van der Waals surface area contributed by atoms with Crippen LogP contribution in [-0.4, -0.2) is 15.5 Å². The molecule has 0 atom stereocenters. The molecule has 9 heavy (non-hydrogen) atoms. The van der Waals surface area contributed by atoms with Crippen LogP contribution in [-0.2, 0) is 11.8 Å². The van der Waals surface area contributed by atoms with Gasteiger partial charge >= 0.3 is 0 Å². The highest BCUT2D eigenvalue weighted by Crippen LogP contribution is 2.49. The Kier molecular flexibility index (Phi) is 12.7. The minimum Gasteiger partial charge on any atom is -0.344 e. The first-order valence-electron chi connectivity index (χ1n) is 1.76. The molecule has 0 aliphatic rings. The van der Waals surface area contributed by atoms with Crippen LogP contribution in [0.5, 0.6) is 0 Å². The van der Waals surface area contributed by atoms with Crippen LogP contribution in [0.3, 0.4) is 0 Å². The Labute approximate surface area is 64.1 Å². The molecule has 0 heterocycles. The molecule has 0 spiro atoms. The molecule has 0 aromatic carbocycles. The third kappa shape index (κ3) is 17.7. The Balaban J connectivity index is -0.000000180. The van der Waals surface area contributed by atoms with E-state index in [2.05, 4.69) is 11.8 Å². The van der Waals surface area contributed by atoms with Crippen LogP contribution < -0.4 is 12.3 Å². The number of hydrogen-bond acceptors (Lipinski definition) is 4. The second kappa shape index (κ2) is 6.95. The molecule has 0 bridgehead atoms. The zero-order valence-corrected chi connectivity index (χ0v) is 7.81. The van der Waals surface area contributed by atoms with Crippen molar-refractivity contribution in [1.29, 1.82) is 0 Å². The summed E-state index contributed by atoms with van der Waals surface area (Å²) in [4.78, 5) is 16.9. The summed E-state index contributed by atoms with van der Waals surface area (Å²) in [5, 5.41) is 0. The Hall–Kier alpha value is 0.840. The normalized spacial score (nSPS) is 9.22. The topological polar surface area (TPSA) is 110 Å². The SMILES string of the molecule is CCSP(O)(O)=S.N.N. The van der Waals surface area contributed by atoms with Crippen molar-refractivity contribution in [2.75, 3.05) is 5.75 Å². The van der Waals surface area contributed by atoms with Crippen molar-refractivity contribution in [3.05, 3.63) is 0 Å². The summed E-state index contributed by atoms with van der Waals surface area (Å²) < 4.78 is 0. The zero-order chi connectivity index (χ0) is 5.91. The van der Waals surface area contributed by atoms with Crippen LogP contribution in [0.1, 0.15) is 6.92 Å². The molecule has 0 unspecified atom stereocenters. The summed E-state index contributed by atoms with van der Waals surface area (Å²) in [6.07, 6.45) is 0. The van der Waals surface area contributed by atoms with Crippen LogP contribution in [0.15, 0.2) is 0 Å². The van der Waals surface area contributed by atoms with Gasteiger partial charge in [0.1, 0.15) is 0 Å². The van der Waals surface area contributed by atoms with E-state index < -0.39 is 5.69 Å². The maximum Gasteiger partial charge on any atom is 0.242 e. The molecule has 7 heteroatoms. The molecule has 0 rings (SSSR count). The summed E-state index contributed by atoms with van der Waals surface area (Å²) in [6.45, 7) is 1.83. The largest absolute Gasteiger partial charge is 0.344 e. The number of rotatable bonds is 2. The van der Waals surface area contributed by atoms with Crippen LogP contribution in [0.4, 0.5) is 0 Å². The molecule has 0 saturated heterocycles. The molecule has 0 aromatic rings. The molecule has 0 radical (unpaired) electrons. The molecule has 0 amide bonds. The molecule has 60 valence electrons. The van der Waals surface area contributed by atoms with Crippen molar-refractivity contribution in [2.24, 2.45) is 0 Å². The molecular weight excluding hydrogens is 179 g/mol. The lowest BCUT2D eigenvalue weighted by Crippen LogP contribution is -1.68. The third-order valence-corrected chi connectivity index (χ3v) is 3.62. The second-order valence-corrected chi connectivity index (χ2v) is 7.25. The lowest BCUT2D eigenvalue weighted by Gasteiger charge is -2.00. The van der Waals surface area contributed by atoms with Crippen molar-refractivity contribution < 1.29 is 9.79 Å². The summed E-state index contributed by atoms with van der Waals surface area (Å²) in [6, 6.07) is 0. The summed E-state index contributed by atoms with van der Waals surface area (Å²) in [5.41, 5.74) is -2.92. The molecular formula is C2H13N2O2PS2. The van der Waals surface area contributed by atoms with E-state index in [-0.39, 0.29) is 12.3 Å². The Morgan fingerprint density at radius 3 is 1.78 bits per heavy atom. The monoisotopic (exact) mass is 192 g/mol. The van der Waals surface area contributed by atoms with Gasteiger partial charge in [-0.15, -0.1) is 0 Å². The third-order valence-electron chi connectivity index (χ3n) is 0.297. The average Bonchev–Trinajstić information content (AvgIpc) is 1.30. The van der Waals surface area contributed by atoms with Gasteiger partial charge in [-0.25, -0.2) is 0 Å². The van der Waals surface area contributed by atoms with Gasteiger partial charge in [-0.05, 0) is 17.6 Å². The second-order valence-electron chi connectivity index (χ2n) is 0.908. The molecule has 8 N–H and O–H groups in total. The number of hydrogen-bond donors (Lipinski definition) is 4. The van der Waals surface area contributed by atoms with E-state index in [9.17, 15) is 0 Å². The molecule has 0 aromatic heterocycles. The van der Waals surface area contributed by atoms with Gasteiger partial charge in [0.25, 0.3) is 0 Å². The fraction of sp³-hybridized carbons (Fsp3) is 1.00. The lowest BCUT2D eigenvalue weighted by atomic mass is 11.0. The zero-order valence-electron chi connectivity index (χ0n) is 5.28. The van der Waals surface area contributed by atoms with Gasteiger partial charge in [-0.3, -0.25) is 0 Å². The fourth-order valence-electron chi connectivity index (χ4n) is 0.168. The van der Waals surface area contributed by atoms with E-state index in [0.29, 0.717) is 5.75 Å².